The van der Waals surface area contributed by atoms with Crippen LogP contribution in [0, 0.1) is 0 Å². The number of carbonyl (C=O) groups is 1. The van der Waals surface area contributed by atoms with Gasteiger partial charge in [-0.15, -0.1) is 0 Å². The highest BCUT2D eigenvalue weighted by Crippen LogP contribution is 2.36. The third kappa shape index (κ3) is 4.18. The zero-order valence-corrected chi connectivity index (χ0v) is 17.8. The molecule has 3 rings (SSSR count). The molecule has 0 bridgehead atoms. The molecule has 0 N–H and O–H groups in total. The van der Waals surface area contributed by atoms with Crippen molar-refractivity contribution in [1.29, 1.82) is 0 Å². The van der Waals surface area contributed by atoms with Gasteiger partial charge in [0.25, 0.3) is 0 Å². The first-order chi connectivity index (χ1) is 15.0. The fourth-order valence-electron chi connectivity index (χ4n) is 3.16. The van der Waals surface area contributed by atoms with Gasteiger partial charge < -0.3 is 28.1 Å². The summed E-state index contributed by atoms with van der Waals surface area (Å²) in [5.74, 6) is 1.01. The van der Waals surface area contributed by atoms with Gasteiger partial charge in [0.05, 0.1) is 35.5 Å². The fourth-order valence-corrected chi connectivity index (χ4v) is 3.16. The van der Waals surface area contributed by atoms with E-state index in [1.54, 1.807) is 38.5 Å². The summed E-state index contributed by atoms with van der Waals surface area (Å²) in [5, 5.41) is 0.118. The Labute approximate surface area is 178 Å². The Kier molecular flexibility index (Phi) is 6.49. The minimum Gasteiger partial charge on any atom is -0.496 e. The van der Waals surface area contributed by atoms with Crippen molar-refractivity contribution in [3.63, 3.8) is 0 Å². The molecule has 0 fully saturated rings. The summed E-state index contributed by atoms with van der Waals surface area (Å²) in [6.45, 7) is 0. The number of rotatable bonds is 7. The van der Waals surface area contributed by atoms with Gasteiger partial charge in [0.15, 0.2) is 22.7 Å². The molecule has 0 amide bonds. The average Bonchev–Trinajstić information content (AvgIpc) is 2.80. The van der Waals surface area contributed by atoms with E-state index in [2.05, 4.69) is 0 Å². The topological polar surface area (TPSA) is 93.4 Å². The van der Waals surface area contributed by atoms with Crippen molar-refractivity contribution in [2.75, 3.05) is 35.5 Å². The molecule has 1 heterocycles. The molecule has 8 heteroatoms. The highest BCUT2D eigenvalue weighted by atomic mass is 16.5. The second kappa shape index (κ2) is 9.25. The van der Waals surface area contributed by atoms with E-state index in [0.29, 0.717) is 17.3 Å². The molecule has 0 spiro atoms. The van der Waals surface area contributed by atoms with Crippen LogP contribution < -0.4 is 24.4 Å². The van der Waals surface area contributed by atoms with E-state index < -0.39 is 5.97 Å². The molecule has 31 heavy (non-hydrogen) atoms. The van der Waals surface area contributed by atoms with Gasteiger partial charge in [-0.25, -0.2) is 4.79 Å². The lowest BCUT2D eigenvalue weighted by Crippen LogP contribution is -2.11. The van der Waals surface area contributed by atoms with Crippen LogP contribution in [-0.2, 0) is 4.74 Å². The maximum Gasteiger partial charge on any atom is 0.345 e. The summed E-state index contributed by atoms with van der Waals surface area (Å²) < 4.78 is 31.8. The van der Waals surface area contributed by atoms with Gasteiger partial charge in [-0.2, -0.15) is 0 Å². The third-order valence-corrected chi connectivity index (χ3v) is 4.62. The van der Waals surface area contributed by atoms with Gasteiger partial charge in [0.2, 0.25) is 0 Å². The highest BCUT2D eigenvalue weighted by molar-refractivity contribution is 6.03. The highest BCUT2D eigenvalue weighted by Gasteiger charge is 2.25. The van der Waals surface area contributed by atoms with Crippen molar-refractivity contribution < 1.29 is 32.9 Å². The molecule has 162 valence electrons. The molecule has 8 nitrogen and oxygen atoms in total. The Bertz CT molecular complexity index is 1210. The lowest BCUT2D eigenvalue weighted by Gasteiger charge is -2.13. The van der Waals surface area contributed by atoms with Crippen molar-refractivity contribution in [1.82, 2.24) is 0 Å². The molecule has 2 aromatic carbocycles. The van der Waals surface area contributed by atoms with Crippen LogP contribution in [0.15, 0.2) is 39.5 Å². The number of esters is 1. The molecule has 0 saturated carbocycles. The predicted molar refractivity (Wildman–Crippen MR) is 115 cm³/mol. The van der Waals surface area contributed by atoms with E-state index in [4.69, 9.17) is 28.1 Å². The summed E-state index contributed by atoms with van der Waals surface area (Å²) in [6, 6.07) is 8.18. The normalized spacial score (nSPS) is 10.9. The summed E-state index contributed by atoms with van der Waals surface area (Å²) in [4.78, 5) is 25.0. The summed E-state index contributed by atoms with van der Waals surface area (Å²) in [5.41, 5.74) is 0.663. The van der Waals surface area contributed by atoms with E-state index >= 15 is 0 Å². The molecule has 0 unspecified atom stereocenters. The first-order valence-corrected chi connectivity index (χ1v) is 9.18. The number of hydrogen-bond acceptors (Lipinski definition) is 8. The van der Waals surface area contributed by atoms with Crippen molar-refractivity contribution in [2.24, 2.45) is 0 Å². The minimum atomic E-state index is -0.688. The SMILES string of the molecule is COC(=O)c1c(OC)cc2oc(C=Cc3ccc(OC)c(OC)c3)cc(=O)c2c1OC. The molecule has 0 radical (unpaired) electrons. The quantitative estimate of drug-likeness (QED) is 0.527. The van der Waals surface area contributed by atoms with Gasteiger partial charge >= 0.3 is 5.97 Å². The lowest BCUT2D eigenvalue weighted by atomic mass is 10.1. The maximum absolute atomic E-state index is 12.8. The molecular formula is C23H22O8. The lowest BCUT2D eigenvalue weighted by molar-refractivity contribution is 0.0593. The van der Waals surface area contributed by atoms with E-state index in [9.17, 15) is 9.59 Å². The smallest absolute Gasteiger partial charge is 0.345 e. The number of methoxy groups -OCH3 is 5. The van der Waals surface area contributed by atoms with Crippen LogP contribution in [-0.4, -0.2) is 41.5 Å². The molecule has 0 aliphatic rings. The van der Waals surface area contributed by atoms with E-state index in [1.165, 1.54) is 33.5 Å². The first kappa shape index (κ1) is 21.8. The van der Waals surface area contributed by atoms with Crippen LogP contribution in [0.3, 0.4) is 0 Å². The fraction of sp³-hybridized carbons (Fsp3) is 0.217. The number of hydrogen-bond donors (Lipinski definition) is 0. The third-order valence-electron chi connectivity index (χ3n) is 4.62. The maximum atomic E-state index is 12.8. The monoisotopic (exact) mass is 426 g/mol. The molecular weight excluding hydrogens is 404 g/mol. The summed E-state index contributed by atoms with van der Waals surface area (Å²) in [6.07, 6.45) is 3.42. The molecule has 1 aromatic heterocycles. The Morgan fingerprint density at radius 3 is 2.16 bits per heavy atom. The largest absolute Gasteiger partial charge is 0.496 e. The van der Waals surface area contributed by atoms with Gasteiger partial charge in [-0.3, -0.25) is 4.79 Å². The van der Waals surface area contributed by atoms with Crippen molar-refractivity contribution >= 4 is 29.1 Å². The van der Waals surface area contributed by atoms with Crippen LogP contribution in [0.2, 0.25) is 0 Å². The molecule has 0 aliphatic heterocycles. The zero-order chi connectivity index (χ0) is 22.5. The summed E-state index contributed by atoms with van der Waals surface area (Å²) >= 11 is 0. The van der Waals surface area contributed by atoms with E-state index in [0.717, 1.165) is 5.56 Å². The Hall–Kier alpha value is -3.94. The molecule has 3 aromatic rings. The molecule has 0 saturated heterocycles. The first-order valence-electron chi connectivity index (χ1n) is 9.18. The van der Waals surface area contributed by atoms with Crippen LogP contribution in [0.25, 0.3) is 23.1 Å². The van der Waals surface area contributed by atoms with Gasteiger partial charge in [-0.1, -0.05) is 12.1 Å². The van der Waals surface area contributed by atoms with E-state index in [-0.39, 0.29) is 33.5 Å². The minimum absolute atomic E-state index is 0.0147. The van der Waals surface area contributed by atoms with Crippen LogP contribution >= 0.6 is 0 Å². The number of ether oxygens (including phenoxy) is 5. The van der Waals surface area contributed by atoms with Crippen LogP contribution in [0.1, 0.15) is 21.7 Å². The standard InChI is InChI=1S/C23H22O8/c1-26-16-9-7-13(10-17(16)27-2)6-8-14-11-15(24)20-19(31-14)12-18(28-3)21(22(20)29-4)23(25)30-5/h6-12H,1-5H3. The van der Waals surface area contributed by atoms with Crippen LogP contribution in [0.4, 0.5) is 0 Å². The average molecular weight is 426 g/mol. The molecule has 0 aliphatic carbocycles. The number of carbonyl (C=O) groups excluding carboxylic acids is 1. The van der Waals surface area contributed by atoms with Gasteiger partial charge in [-0.05, 0) is 23.8 Å². The Morgan fingerprint density at radius 1 is 0.839 bits per heavy atom. The second-order valence-corrected chi connectivity index (χ2v) is 6.31. The van der Waals surface area contributed by atoms with Crippen molar-refractivity contribution in [2.45, 2.75) is 0 Å². The summed E-state index contributed by atoms with van der Waals surface area (Å²) in [7, 11) is 7.09. The number of benzene rings is 2. The van der Waals surface area contributed by atoms with Crippen molar-refractivity contribution in [3.05, 3.63) is 57.4 Å². The van der Waals surface area contributed by atoms with Crippen LogP contribution in [0.5, 0.6) is 23.0 Å². The zero-order valence-electron chi connectivity index (χ0n) is 17.8. The Balaban J connectivity index is 2.11. The van der Waals surface area contributed by atoms with E-state index in [1.807, 2.05) is 6.07 Å². The predicted octanol–water partition coefficient (Wildman–Crippen LogP) is 3.78. The second-order valence-electron chi connectivity index (χ2n) is 6.31. The Morgan fingerprint density at radius 2 is 1.55 bits per heavy atom. The molecule has 0 atom stereocenters. The van der Waals surface area contributed by atoms with Gasteiger partial charge in [0.1, 0.15) is 28.0 Å². The number of fused-ring (bicyclic) bond motifs is 1. The van der Waals surface area contributed by atoms with Crippen molar-refractivity contribution in [3.8, 4) is 23.0 Å². The van der Waals surface area contributed by atoms with Gasteiger partial charge in [0, 0.05) is 12.1 Å².